The summed E-state index contributed by atoms with van der Waals surface area (Å²) in [5.41, 5.74) is 0. The summed E-state index contributed by atoms with van der Waals surface area (Å²) in [5.74, 6) is -0.784. The van der Waals surface area contributed by atoms with Gasteiger partial charge >= 0.3 is 6.03 Å². The van der Waals surface area contributed by atoms with Crippen LogP contribution < -0.4 is 5.32 Å². The van der Waals surface area contributed by atoms with Crippen LogP contribution in [-0.4, -0.2) is 35.8 Å². The van der Waals surface area contributed by atoms with Gasteiger partial charge in [-0.2, -0.15) is 5.26 Å². The molecule has 3 amide bonds. The SMILES string of the molecule is CCN(CCC#N)C(=O)NC(=O)CCl. The van der Waals surface area contributed by atoms with E-state index in [0.717, 1.165) is 0 Å². The molecule has 0 saturated carbocycles. The minimum atomic E-state index is -0.535. The molecule has 0 heterocycles. The molecule has 5 nitrogen and oxygen atoms in total. The molecule has 14 heavy (non-hydrogen) atoms. The third-order valence-corrected chi connectivity index (χ3v) is 1.77. The molecule has 6 heteroatoms. The van der Waals surface area contributed by atoms with Gasteiger partial charge < -0.3 is 4.90 Å². The summed E-state index contributed by atoms with van der Waals surface area (Å²) in [6.45, 7) is 2.53. The van der Waals surface area contributed by atoms with Gasteiger partial charge in [-0.3, -0.25) is 10.1 Å². The number of imide groups is 1. The second kappa shape index (κ2) is 7.15. The predicted molar refractivity (Wildman–Crippen MR) is 51.7 cm³/mol. The standard InChI is InChI=1S/C8H12ClN3O2/c1-2-12(5-3-4-10)8(14)11-7(13)6-9/h2-3,5-6H2,1H3,(H,11,13,14). The van der Waals surface area contributed by atoms with Crippen LogP contribution in [0, 0.1) is 11.3 Å². The predicted octanol–water partition coefficient (Wildman–Crippen LogP) is 0.697. The molecule has 0 aliphatic heterocycles. The number of alkyl halides is 1. The van der Waals surface area contributed by atoms with Gasteiger partial charge in [0.2, 0.25) is 5.91 Å². The second-order valence-electron chi connectivity index (χ2n) is 2.47. The zero-order valence-corrected chi connectivity index (χ0v) is 8.67. The second-order valence-corrected chi connectivity index (χ2v) is 2.74. The van der Waals surface area contributed by atoms with Crippen molar-refractivity contribution in [3.63, 3.8) is 0 Å². The van der Waals surface area contributed by atoms with Crippen molar-refractivity contribution in [3.05, 3.63) is 0 Å². The summed E-state index contributed by atoms with van der Waals surface area (Å²) in [7, 11) is 0. The normalized spacial score (nSPS) is 8.93. The average molecular weight is 218 g/mol. The van der Waals surface area contributed by atoms with Crippen LogP contribution >= 0.6 is 11.6 Å². The number of halogens is 1. The van der Waals surface area contributed by atoms with Crippen LogP contribution in [0.5, 0.6) is 0 Å². The lowest BCUT2D eigenvalue weighted by atomic mass is 10.4. The molecule has 0 radical (unpaired) electrons. The Labute approximate surface area is 87.6 Å². The van der Waals surface area contributed by atoms with E-state index < -0.39 is 11.9 Å². The zero-order valence-electron chi connectivity index (χ0n) is 7.92. The molecule has 78 valence electrons. The van der Waals surface area contributed by atoms with Crippen molar-refractivity contribution in [3.8, 4) is 6.07 Å². The molecule has 0 aliphatic carbocycles. The molecular weight excluding hydrogens is 206 g/mol. The van der Waals surface area contributed by atoms with E-state index in [2.05, 4.69) is 5.32 Å². The van der Waals surface area contributed by atoms with Gasteiger partial charge in [0.15, 0.2) is 0 Å². The molecule has 0 rings (SSSR count). The molecule has 0 fully saturated rings. The Morgan fingerprint density at radius 3 is 2.64 bits per heavy atom. The van der Waals surface area contributed by atoms with E-state index in [1.54, 1.807) is 6.92 Å². The minimum absolute atomic E-state index is 0.246. The Kier molecular flexibility index (Phi) is 6.50. The van der Waals surface area contributed by atoms with E-state index in [-0.39, 0.29) is 12.3 Å². The Bertz CT molecular complexity index is 249. The van der Waals surface area contributed by atoms with Crippen LogP contribution in [0.2, 0.25) is 0 Å². The number of hydrogen-bond donors (Lipinski definition) is 1. The zero-order chi connectivity index (χ0) is 11.0. The van der Waals surface area contributed by atoms with Gasteiger partial charge in [0, 0.05) is 13.1 Å². The van der Waals surface area contributed by atoms with Crippen molar-refractivity contribution in [1.29, 1.82) is 5.26 Å². The van der Waals surface area contributed by atoms with Crippen LogP contribution in [-0.2, 0) is 4.79 Å². The number of carbonyl (C=O) groups excluding carboxylic acids is 2. The van der Waals surface area contributed by atoms with Crippen molar-refractivity contribution in [2.24, 2.45) is 0 Å². The third-order valence-electron chi connectivity index (χ3n) is 1.53. The van der Waals surface area contributed by atoms with Gasteiger partial charge in [0.05, 0.1) is 12.5 Å². The Balaban J connectivity index is 4.05. The van der Waals surface area contributed by atoms with Crippen LogP contribution in [0.25, 0.3) is 0 Å². The number of urea groups is 1. The number of amides is 3. The van der Waals surface area contributed by atoms with Gasteiger partial charge in [-0.15, -0.1) is 11.6 Å². The van der Waals surface area contributed by atoms with Crippen LogP contribution in [0.4, 0.5) is 4.79 Å². The Morgan fingerprint density at radius 1 is 1.57 bits per heavy atom. The molecule has 0 saturated heterocycles. The molecule has 0 aromatic carbocycles. The fourth-order valence-corrected chi connectivity index (χ4v) is 0.887. The van der Waals surface area contributed by atoms with Crippen molar-refractivity contribution >= 4 is 23.5 Å². The fraction of sp³-hybridized carbons (Fsp3) is 0.625. The van der Waals surface area contributed by atoms with Gasteiger partial charge in [0.1, 0.15) is 5.88 Å². The summed E-state index contributed by atoms with van der Waals surface area (Å²) in [4.78, 5) is 23.4. The highest BCUT2D eigenvalue weighted by Crippen LogP contribution is 1.92. The number of nitrogens with zero attached hydrogens (tertiary/aromatic N) is 2. The van der Waals surface area contributed by atoms with E-state index in [1.807, 2.05) is 6.07 Å². The van der Waals surface area contributed by atoms with Gasteiger partial charge in [-0.25, -0.2) is 4.79 Å². The highest BCUT2D eigenvalue weighted by Gasteiger charge is 2.13. The van der Waals surface area contributed by atoms with E-state index in [9.17, 15) is 9.59 Å². The number of carbonyl (C=O) groups is 2. The summed E-state index contributed by atoms with van der Waals surface area (Å²) >= 11 is 5.21. The molecule has 0 aromatic heterocycles. The van der Waals surface area contributed by atoms with E-state index in [4.69, 9.17) is 16.9 Å². The maximum atomic E-state index is 11.3. The Morgan fingerprint density at radius 2 is 2.21 bits per heavy atom. The van der Waals surface area contributed by atoms with Crippen molar-refractivity contribution in [2.45, 2.75) is 13.3 Å². The first-order valence-corrected chi connectivity index (χ1v) is 4.70. The van der Waals surface area contributed by atoms with Crippen LogP contribution in [0.3, 0.4) is 0 Å². The first-order chi connectivity index (χ1) is 6.65. The molecule has 0 atom stereocenters. The summed E-state index contributed by atoms with van der Waals surface area (Å²) in [5, 5.41) is 10.4. The highest BCUT2D eigenvalue weighted by molar-refractivity contribution is 6.28. The summed E-state index contributed by atoms with van der Waals surface area (Å²) in [6, 6.07) is 1.42. The van der Waals surface area contributed by atoms with Crippen molar-refractivity contribution in [2.75, 3.05) is 19.0 Å². The molecule has 0 unspecified atom stereocenters. The van der Waals surface area contributed by atoms with Crippen LogP contribution in [0.15, 0.2) is 0 Å². The van der Waals surface area contributed by atoms with Gasteiger partial charge in [-0.05, 0) is 6.92 Å². The lowest BCUT2D eigenvalue weighted by molar-refractivity contribution is -0.117. The maximum absolute atomic E-state index is 11.3. The lowest BCUT2D eigenvalue weighted by Gasteiger charge is -2.18. The average Bonchev–Trinajstić information content (AvgIpc) is 2.18. The Hall–Kier alpha value is -1.28. The van der Waals surface area contributed by atoms with Gasteiger partial charge in [-0.1, -0.05) is 0 Å². The topological polar surface area (TPSA) is 73.2 Å². The van der Waals surface area contributed by atoms with E-state index in [0.29, 0.717) is 13.1 Å². The molecule has 1 N–H and O–H groups in total. The number of nitrogens with one attached hydrogen (secondary N) is 1. The fourth-order valence-electron chi connectivity index (χ4n) is 0.820. The van der Waals surface area contributed by atoms with E-state index in [1.165, 1.54) is 4.90 Å². The van der Waals surface area contributed by atoms with Gasteiger partial charge in [0.25, 0.3) is 0 Å². The monoisotopic (exact) mass is 217 g/mol. The number of nitriles is 1. The summed E-state index contributed by atoms with van der Waals surface area (Å²) < 4.78 is 0. The van der Waals surface area contributed by atoms with Crippen LogP contribution in [0.1, 0.15) is 13.3 Å². The van der Waals surface area contributed by atoms with Crippen molar-refractivity contribution < 1.29 is 9.59 Å². The highest BCUT2D eigenvalue weighted by atomic mass is 35.5. The minimum Gasteiger partial charge on any atom is -0.324 e. The van der Waals surface area contributed by atoms with Crippen molar-refractivity contribution in [1.82, 2.24) is 10.2 Å². The smallest absolute Gasteiger partial charge is 0.324 e. The molecule has 0 aromatic rings. The number of rotatable bonds is 4. The molecular formula is C8H12ClN3O2. The maximum Gasteiger partial charge on any atom is 0.324 e. The largest absolute Gasteiger partial charge is 0.324 e. The summed E-state index contributed by atoms with van der Waals surface area (Å²) in [6.07, 6.45) is 0.246. The quantitative estimate of drug-likeness (QED) is 0.705. The third kappa shape index (κ3) is 4.67. The first-order valence-electron chi connectivity index (χ1n) is 4.17. The lowest BCUT2D eigenvalue weighted by Crippen LogP contribution is -2.43. The number of hydrogen-bond acceptors (Lipinski definition) is 3. The molecule has 0 aliphatic rings. The molecule has 0 spiro atoms. The first kappa shape index (κ1) is 12.7. The molecule has 0 bridgehead atoms. The van der Waals surface area contributed by atoms with E-state index >= 15 is 0 Å².